The van der Waals surface area contributed by atoms with E-state index in [1.165, 1.54) is 25.3 Å². The van der Waals surface area contributed by atoms with Gasteiger partial charge in [0.2, 0.25) is 11.8 Å². The van der Waals surface area contributed by atoms with Crippen LogP contribution in [0.25, 0.3) is 0 Å². The summed E-state index contributed by atoms with van der Waals surface area (Å²) >= 11 is 0. The molecule has 0 N–H and O–H groups in total. The summed E-state index contributed by atoms with van der Waals surface area (Å²) in [6.45, 7) is 3.62. The molecule has 156 valence electrons. The maximum atomic E-state index is 13.6. The zero-order valence-electron chi connectivity index (χ0n) is 16.9. The fraction of sp³-hybridized carbons (Fsp3) is 0.500. The quantitative estimate of drug-likeness (QED) is 0.397. The molecule has 0 bridgehead atoms. The van der Waals surface area contributed by atoms with E-state index in [-0.39, 0.29) is 24.3 Å². The summed E-state index contributed by atoms with van der Waals surface area (Å²) in [6.07, 6.45) is 5.14. The first-order chi connectivity index (χ1) is 13.8. The van der Waals surface area contributed by atoms with Crippen LogP contribution >= 0.6 is 0 Å². The molecule has 1 heterocycles. The number of carbonyl (C=O) groups excluding carboxylic acids is 3. The fourth-order valence-corrected chi connectivity index (χ4v) is 3.99. The number of carbonyl (C=O) groups is 3. The topological polar surface area (TPSA) is 72.9 Å². The van der Waals surface area contributed by atoms with Gasteiger partial charge in [0, 0.05) is 5.56 Å². The van der Waals surface area contributed by atoms with Crippen LogP contribution in [0.4, 0.5) is 4.39 Å². The predicted molar refractivity (Wildman–Crippen MR) is 103 cm³/mol. The number of allylic oxidation sites excluding steroid dienone is 2. The Morgan fingerprint density at radius 1 is 1.17 bits per heavy atom. The summed E-state index contributed by atoms with van der Waals surface area (Å²) in [5, 5.41) is 0. The Balaban J connectivity index is 1.78. The van der Waals surface area contributed by atoms with Crippen molar-refractivity contribution < 1.29 is 28.2 Å². The summed E-state index contributed by atoms with van der Waals surface area (Å²) in [5.41, 5.74) is 0.376. The highest BCUT2D eigenvalue weighted by molar-refractivity contribution is 6.08. The largest absolute Gasteiger partial charge is 0.496 e. The molecule has 2 amide bonds. The molecular formula is C22H26FNO5. The summed E-state index contributed by atoms with van der Waals surface area (Å²) < 4.78 is 24.1. The lowest BCUT2D eigenvalue weighted by molar-refractivity contribution is -0.160. The van der Waals surface area contributed by atoms with Crippen LogP contribution in [0.15, 0.2) is 30.4 Å². The molecule has 0 unspecified atom stereocenters. The molecule has 6 nitrogen and oxygen atoms in total. The van der Waals surface area contributed by atoms with Gasteiger partial charge < -0.3 is 9.47 Å². The van der Waals surface area contributed by atoms with Crippen molar-refractivity contribution in [2.45, 2.75) is 45.8 Å². The summed E-state index contributed by atoms with van der Waals surface area (Å²) in [4.78, 5) is 39.8. The molecule has 0 saturated carbocycles. The minimum absolute atomic E-state index is 0.0672. The predicted octanol–water partition coefficient (Wildman–Crippen LogP) is 3.24. The van der Waals surface area contributed by atoms with Gasteiger partial charge in [-0.25, -0.2) is 9.18 Å². The Morgan fingerprint density at radius 2 is 1.79 bits per heavy atom. The van der Waals surface area contributed by atoms with Crippen LogP contribution in [-0.4, -0.2) is 35.8 Å². The highest BCUT2D eigenvalue weighted by atomic mass is 19.1. The number of nitrogens with zero attached hydrogens (tertiary/aromatic N) is 1. The number of rotatable bonds is 7. The number of likely N-dealkylation sites (tertiary alicyclic amines) is 1. The molecule has 1 aromatic rings. The molecule has 3 rings (SSSR count). The van der Waals surface area contributed by atoms with E-state index in [9.17, 15) is 18.8 Å². The van der Waals surface area contributed by atoms with E-state index in [1.807, 2.05) is 26.0 Å². The van der Waals surface area contributed by atoms with E-state index in [2.05, 4.69) is 0 Å². The first-order valence-electron chi connectivity index (χ1n) is 9.84. The first-order valence-corrected chi connectivity index (χ1v) is 9.84. The lowest BCUT2D eigenvalue weighted by Gasteiger charge is -2.26. The lowest BCUT2D eigenvalue weighted by atomic mass is 9.85. The van der Waals surface area contributed by atoms with E-state index in [0.717, 1.165) is 4.90 Å². The van der Waals surface area contributed by atoms with Crippen LogP contribution < -0.4 is 4.74 Å². The van der Waals surface area contributed by atoms with E-state index < -0.39 is 29.7 Å². The van der Waals surface area contributed by atoms with Crippen molar-refractivity contribution in [3.05, 3.63) is 41.7 Å². The van der Waals surface area contributed by atoms with Crippen molar-refractivity contribution in [1.29, 1.82) is 0 Å². The Hall–Kier alpha value is -2.70. The molecule has 1 fully saturated rings. The summed E-state index contributed by atoms with van der Waals surface area (Å²) in [5.74, 6) is -2.11. The second kappa shape index (κ2) is 8.76. The van der Waals surface area contributed by atoms with E-state index in [4.69, 9.17) is 9.47 Å². The van der Waals surface area contributed by atoms with Crippen LogP contribution in [-0.2, 0) is 25.7 Å². The average Bonchev–Trinajstić information content (AvgIpc) is 2.95. The standard InChI is InChI=1S/C22H26FNO5/c1-13(2)10-18(24-20(25)16-6-4-5-7-17(16)21(24)26)22(27)29-12-14-11-15(23)8-9-19(14)28-3/h4-5,8-9,11,13,16-18H,6-7,10,12H2,1-3H3/t16-,17+,18-/m1/s1. The number of amides is 2. The molecule has 1 aromatic carbocycles. The number of ether oxygens (including phenoxy) is 2. The van der Waals surface area contributed by atoms with Crippen LogP contribution in [0.2, 0.25) is 0 Å². The number of hydrogen-bond acceptors (Lipinski definition) is 5. The zero-order chi connectivity index (χ0) is 21.1. The van der Waals surface area contributed by atoms with Gasteiger partial charge in [0.25, 0.3) is 0 Å². The van der Waals surface area contributed by atoms with E-state index in [1.54, 1.807) is 0 Å². The van der Waals surface area contributed by atoms with Crippen LogP contribution in [0, 0.1) is 23.6 Å². The van der Waals surface area contributed by atoms with Crippen LogP contribution in [0.5, 0.6) is 5.75 Å². The van der Waals surface area contributed by atoms with Gasteiger partial charge >= 0.3 is 5.97 Å². The Kier molecular flexibility index (Phi) is 6.35. The highest BCUT2D eigenvalue weighted by Crippen LogP contribution is 2.37. The molecule has 1 aliphatic heterocycles. The third-order valence-corrected chi connectivity index (χ3v) is 5.43. The third kappa shape index (κ3) is 4.33. The minimum Gasteiger partial charge on any atom is -0.496 e. The van der Waals surface area contributed by atoms with Crippen molar-refractivity contribution in [2.75, 3.05) is 7.11 Å². The molecule has 1 aliphatic carbocycles. The number of hydrogen-bond donors (Lipinski definition) is 0. The van der Waals surface area contributed by atoms with Gasteiger partial charge in [0.15, 0.2) is 0 Å². The fourth-order valence-electron chi connectivity index (χ4n) is 3.99. The number of imide groups is 1. The maximum absolute atomic E-state index is 13.6. The van der Waals surface area contributed by atoms with E-state index in [0.29, 0.717) is 30.6 Å². The van der Waals surface area contributed by atoms with Crippen molar-refractivity contribution in [2.24, 2.45) is 17.8 Å². The average molecular weight is 403 g/mol. The van der Waals surface area contributed by atoms with Gasteiger partial charge in [-0.15, -0.1) is 0 Å². The zero-order valence-corrected chi connectivity index (χ0v) is 16.9. The molecule has 2 aliphatic rings. The maximum Gasteiger partial charge on any atom is 0.329 e. The number of esters is 1. The monoisotopic (exact) mass is 403 g/mol. The highest BCUT2D eigenvalue weighted by Gasteiger charge is 2.51. The van der Waals surface area contributed by atoms with Crippen LogP contribution in [0.1, 0.15) is 38.7 Å². The Morgan fingerprint density at radius 3 is 2.34 bits per heavy atom. The Labute approximate surface area is 169 Å². The van der Waals surface area contributed by atoms with Gasteiger partial charge in [-0.05, 0) is 43.4 Å². The number of fused-ring (bicyclic) bond motifs is 1. The molecule has 0 spiro atoms. The van der Waals surface area contributed by atoms with Gasteiger partial charge in [-0.1, -0.05) is 26.0 Å². The number of methoxy groups -OCH3 is 1. The molecular weight excluding hydrogens is 377 g/mol. The second-order valence-corrected chi connectivity index (χ2v) is 7.91. The molecule has 1 saturated heterocycles. The third-order valence-electron chi connectivity index (χ3n) is 5.43. The van der Waals surface area contributed by atoms with E-state index >= 15 is 0 Å². The second-order valence-electron chi connectivity index (χ2n) is 7.91. The van der Waals surface area contributed by atoms with Gasteiger partial charge in [-0.2, -0.15) is 0 Å². The van der Waals surface area contributed by atoms with Crippen LogP contribution in [0.3, 0.4) is 0 Å². The Bertz CT molecular complexity index is 808. The number of benzene rings is 1. The van der Waals surface area contributed by atoms with Crippen molar-refractivity contribution >= 4 is 17.8 Å². The van der Waals surface area contributed by atoms with Crippen molar-refractivity contribution in [1.82, 2.24) is 4.90 Å². The van der Waals surface area contributed by atoms with Gasteiger partial charge in [0.1, 0.15) is 24.2 Å². The molecule has 3 atom stereocenters. The normalized spacial score (nSPS) is 22.0. The molecule has 7 heteroatoms. The van der Waals surface area contributed by atoms with Crippen molar-refractivity contribution in [3.8, 4) is 5.75 Å². The molecule has 0 aromatic heterocycles. The number of halogens is 1. The first kappa shape index (κ1) is 21.0. The van der Waals surface area contributed by atoms with Gasteiger partial charge in [0.05, 0.1) is 18.9 Å². The summed E-state index contributed by atoms with van der Waals surface area (Å²) in [7, 11) is 1.44. The lowest BCUT2D eigenvalue weighted by Crippen LogP contribution is -2.47. The SMILES string of the molecule is COc1ccc(F)cc1COC(=O)[C@@H](CC(C)C)N1C(=O)[C@H]2CC=CC[C@H]2C1=O. The molecule has 0 radical (unpaired) electrons. The minimum atomic E-state index is -0.986. The van der Waals surface area contributed by atoms with Gasteiger partial charge in [-0.3, -0.25) is 14.5 Å². The smallest absolute Gasteiger partial charge is 0.329 e. The summed E-state index contributed by atoms with van der Waals surface area (Å²) in [6, 6.07) is 2.95. The van der Waals surface area contributed by atoms with Crippen molar-refractivity contribution in [3.63, 3.8) is 0 Å². The molecule has 29 heavy (non-hydrogen) atoms.